The monoisotopic (exact) mass is 325 g/mol. The van der Waals surface area contributed by atoms with Crippen LogP contribution in [-0.2, 0) is 6.42 Å². The van der Waals surface area contributed by atoms with E-state index < -0.39 is 0 Å². The Labute approximate surface area is 136 Å². The molecule has 0 saturated heterocycles. The summed E-state index contributed by atoms with van der Waals surface area (Å²) >= 11 is 1.46. The first-order chi connectivity index (χ1) is 11.2. The number of aromatic nitrogens is 5. The fourth-order valence-corrected chi connectivity index (χ4v) is 3.12. The van der Waals surface area contributed by atoms with Gasteiger partial charge in [-0.3, -0.25) is 0 Å². The van der Waals surface area contributed by atoms with Crippen molar-refractivity contribution in [2.75, 3.05) is 0 Å². The van der Waals surface area contributed by atoms with Crippen molar-refractivity contribution in [1.82, 2.24) is 25.0 Å². The summed E-state index contributed by atoms with van der Waals surface area (Å²) in [4.78, 5) is 0.764. The molecule has 116 valence electrons. The summed E-state index contributed by atoms with van der Waals surface area (Å²) in [5.41, 5.74) is 1.93. The summed E-state index contributed by atoms with van der Waals surface area (Å²) in [6, 6.07) is 12.1. The lowest BCUT2D eigenvalue weighted by Crippen LogP contribution is -1.97. The highest BCUT2D eigenvalue weighted by atomic mass is 32.1. The van der Waals surface area contributed by atoms with Gasteiger partial charge in [0.05, 0.1) is 0 Å². The quantitative estimate of drug-likeness (QED) is 0.574. The van der Waals surface area contributed by atoms with Gasteiger partial charge in [-0.1, -0.05) is 60.7 Å². The van der Waals surface area contributed by atoms with Crippen LogP contribution in [0.3, 0.4) is 0 Å². The lowest BCUT2D eigenvalue weighted by molar-refractivity contribution is 0.373. The van der Waals surface area contributed by atoms with E-state index in [1.807, 2.05) is 24.3 Å². The van der Waals surface area contributed by atoms with Crippen molar-refractivity contribution in [3.8, 4) is 10.7 Å². The fraction of sp³-hybridized carbons (Fsp3) is 0.250. The molecule has 0 unspecified atom stereocenters. The Morgan fingerprint density at radius 3 is 2.74 bits per heavy atom. The summed E-state index contributed by atoms with van der Waals surface area (Å²) < 4.78 is 7.14. The van der Waals surface area contributed by atoms with Gasteiger partial charge in [0.15, 0.2) is 10.8 Å². The van der Waals surface area contributed by atoms with Crippen LogP contribution in [0.25, 0.3) is 15.7 Å². The number of rotatable bonds is 4. The molecule has 1 aromatic carbocycles. The van der Waals surface area contributed by atoms with Gasteiger partial charge < -0.3 is 4.52 Å². The highest BCUT2D eigenvalue weighted by Crippen LogP contribution is 2.27. The van der Waals surface area contributed by atoms with Crippen LogP contribution >= 0.6 is 11.3 Å². The van der Waals surface area contributed by atoms with Crippen molar-refractivity contribution in [2.24, 2.45) is 0 Å². The van der Waals surface area contributed by atoms with Gasteiger partial charge >= 0.3 is 0 Å². The van der Waals surface area contributed by atoms with Gasteiger partial charge in [0.1, 0.15) is 11.5 Å². The van der Waals surface area contributed by atoms with Crippen LogP contribution in [0.4, 0.5) is 0 Å². The molecule has 23 heavy (non-hydrogen) atoms. The number of fused-ring (bicyclic) bond motifs is 1. The van der Waals surface area contributed by atoms with Gasteiger partial charge in [0.25, 0.3) is 0 Å². The second-order valence-electron chi connectivity index (χ2n) is 5.65. The molecule has 3 heterocycles. The third kappa shape index (κ3) is 2.63. The highest BCUT2D eigenvalue weighted by molar-refractivity contribution is 7.19. The minimum atomic E-state index is 0.301. The Morgan fingerprint density at radius 1 is 1.17 bits per heavy atom. The first-order valence-electron chi connectivity index (χ1n) is 7.43. The first-order valence-corrected chi connectivity index (χ1v) is 8.24. The maximum absolute atomic E-state index is 5.35. The molecule has 0 aliphatic heterocycles. The molecule has 6 nitrogen and oxygen atoms in total. The fourth-order valence-electron chi connectivity index (χ4n) is 2.31. The summed E-state index contributed by atoms with van der Waals surface area (Å²) in [5, 5.41) is 17.9. The predicted molar refractivity (Wildman–Crippen MR) is 87.5 cm³/mol. The number of nitrogens with zero attached hydrogens (tertiary/aromatic N) is 5. The van der Waals surface area contributed by atoms with Crippen molar-refractivity contribution in [3.63, 3.8) is 0 Å². The molecule has 7 heteroatoms. The minimum Gasteiger partial charge on any atom is -0.360 e. The van der Waals surface area contributed by atoms with E-state index in [-0.39, 0.29) is 0 Å². The maximum atomic E-state index is 5.35. The van der Waals surface area contributed by atoms with Gasteiger partial charge in [-0.15, -0.1) is 10.2 Å². The van der Waals surface area contributed by atoms with Crippen LogP contribution in [-0.4, -0.2) is 25.0 Å². The van der Waals surface area contributed by atoms with Crippen LogP contribution in [0.5, 0.6) is 0 Å². The van der Waals surface area contributed by atoms with E-state index in [1.165, 1.54) is 16.9 Å². The van der Waals surface area contributed by atoms with Crippen molar-refractivity contribution >= 4 is 16.3 Å². The zero-order chi connectivity index (χ0) is 15.8. The van der Waals surface area contributed by atoms with E-state index in [4.69, 9.17) is 4.52 Å². The molecule has 0 saturated carbocycles. The second-order valence-corrected chi connectivity index (χ2v) is 6.61. The van der Waals surface area contributed by atoms with Crippen LogP contribution in [0.1, 0.15) is 36.9 Å². The summed E-state index contributed by atoms with van der Waals surface area (Å²) in [5.74, 6) is 1.98. The zero-order valence-corrected chi connectivity index (χ0v) is 13.6. The Balaban J connectivity index is 1.68. The number of hydrogen-bond acceptors (Lipinski definition) is 6. The molecule has 0 bridgehead atoms. The van der Waals surface area contributed by atoms with Gasteiger partial charge in [0.2, 0.25) is 4.96 Å². The van der Waals surface area contributed by atoms with Crippen molar-refractivity contribution in [2.45, 2.75) is 26.2 Å². The third-order valence-corrected chi connectivity index (χ3v) is 4.50. The molecule has 0 atom stereocenters. The van der Waals surface area contributed by atoms with Crippen molar-refractivity contribution in [3.05, 3.63) is 53.5 Å². The molecule has 0 radical (unpaired) electrons. The van der Waals surface area contributed by atoms with E-state index in [0.29, 0.717) is 12.3 Å². The predicted octanol–water partition coefficient (Wildman–Crippen LogP) is 3.56. The summed E-state index contributed by atoms with van der Waals surface area (Å²) in [7, 11) is 0. The normalized spacial score (nSPS) is 11.6. The van der Waals surface area contributed by atoms with Crippen LogP contribution in [0, 0.1) is 0 Å². The minimum absolute atomic E-state index is 0.301. The van der Waals surface area contributed by atoms with E-state index in [9.17, 15) is 0 Å². The van der Waals surface area contributed by atoms with Crippen LogP contribution in [0.15, 0.2) is 40.9 Å². The molecule has 0 spiro atoms. The van der Waals surface area contributed by atoms with Crippen molar-refractivity contribution in [1.29, 1.82) is 0 Å². The zero-order valence-electron chi connectivity index (χ0n) is 12.8. The maximum Gasteiger partial charge on any atom is 0.235 e. The van der Waals surface area contributed by atoms with E-state index in [1.54, 1.807) is 4.52 Å². The summed E-state index contributed by atoms with van der Waals surface area (Å²) in [6.45, 7) is 4.14. The van der Waals surface area contributed by atoms with Crippen LogP contribution in [0.2, 0.25) is 0 Å². The molecule has 0 amide bonds. The third-order valence-electron chi connectivity index (χ3n) is 3.58. The lowest BCUT2D eigenvalue weighted by atomic mass is 10.1. The Bertz CT molecular complexity index is 938. The van der Waals surface area contributed by atoms with Gasteiger partial charge in [0, 0.05) is 18.4 Å². The van der Waals surface area contributed by atoms with Gasteiger partial charge in [-0.05, 0) is 5.56 Å². The molecule has 4 rings (SSSR count). The molecular formula is C16H15N5OS. The molecular weight excluding hydrogens is 310 g/mol. The molecule has 0 fully saturated rings. The molecule has 4 aromatic rings. The summed E-state index contributed by atoms with van der Waals surface area (Å²) in [6.07, 6.45) is 0.696. The largest absolute Gasteiger partial charge is 0.360 e. The van der Waals surface area contributed by atoms with Crippen molar-refractivity contribution < 1.29 is 4.52 Å². The molecule has 0 N–H and O–H groups in total. The average molecular weight is 325 g/mol. The van der Waals surface area contributed by atoms with E-state index in [0.717, 1.165) is 27.2 Å². The number of hydrogen-bond donors (Lipinski definition) is 0. The Morgan fingerprint density at radius 2 is 2.00 bits per heavy atom. The lowest BCUT2D eigenvalue weighted by Gasteiger charge is -1.97. The molecule has 0 aliphatic rings. The second kappa shape index (κ2) is 5.58. The van der Waals surface area contributed by atoms with Crippen LogP contribution < -0.4 is 0 Å². The van der Waals surface area contributed by atoms with Gasteiger partial charge in [-0.2, -0.15) is 9.61 Å². The highest BCUT2D eigenvalue weighted by Gasteiger charge is 2.17. The Hall–Kier alpha value is -2.54. The smallest absolute Gasteiger partial charge is 0.235 e. The SMILES string of the molecule is CC(C)c1cc(-c2nn3c(Cc4ccccc4)nnc3s2)no1. The topological polar surface area (TPSA) is 69.1 Å². The molecule has 3 aromatic heterocycles. The Kier molecular flexibility index (Phi) is 3.42. The van der Waals surface area contributed by atoms with E-state index >= 15 is 0 Å². The van der Waals surface area contributed by atoms with E-state index in [2.05, 4.69) is 46.4 Å². The first kappa shape index (κ1) is 14.1. The molecule has 0 aliphatic carbocycles. The number of benzene rings is 1. The van der Waals surface area contributed by atoms with Gasteiger partial charge in [-0.25, -0.2) is 0 Å². The average Bonchev–Trinajstić information content (AvgIpc) is 3.24. The standard InChI is InChI=1S/C16H15N5OS/c1-10(2)13-9-12(20-22-13)15-19-21-14(17-18-16(21)23-15)8-11-6-4-3-5-7-11/h3-7,9-10H,8H2,1-2H3.